The van der Waals surface area contributed by atoms with Crippen LogP contribution in [0.3, 0.4) is 0 Å². The van der Waals surface area contributed by atoms with Crippen molar-refractivity contribution in [2.24, 2.45) is 10.2 Å². The van der Waals surface area contributed by atoms with E-state index in [9.17, 15) is 18.0 Å². The number of carbonyl (C=O) groups is 2. The number of hydrazone groups is 1. The number of ether oxygens (including phenoxy) is 2. The van der Waals surface area contributed by atoms with Gasteiger partial charge in [-0.1, -0.05) is 12.1 Å². The lowest BCUT2D eigenvalue weighted by Crippen LogP contribution is -2.21. The van der Waals surface area contributed by atoms with Crippen molar-refractivity contribution in [3.63, 3.8) is 0 Å². The highest BCUT2D eigenvalue weighted by atomic mass is 32.2. The van der Waals surface area contributed by atoms with Crippen molar-refractivity contribution >= 4 is 39.4 Å². The van der Waals surface area contributed by atoms with Gasteiger partial charge < -0.3 is 9.47 Å². The molecule has 2 N–H and O–H groups in total. The molecule has 0 fully saturated rings. The van der Waals surface area contributed by atoms with E-state index in [-0.39, 0.29) is 24.0 Å². The second-order valence-corrected chi connectivity index (χ2v) is 8.12. The molecule has 162 valence electrons. The van der Waals surface area contributed by atoms with E-state index in [2.05, 4.69) is 5.10 Å². The number of esters is 1. The fourth-order valence-electron chi connectivity index (χ4n) is 2.81. The van der Waals surface area contributed by atoms with Gasteiger partial charge in [-0.05, 0) is 61.9 Å². The molecule has 0 bridgehead atoms. The van der Waals surface area contributed by atoms with Crippen LogP contribution >= 0.6 is 0 Å². The van der Waals surface area contributed by atoms with Gasteiger partial charge in [0, 0.05) is 0 Å². The second kappa shape index (κ2) is 9.11. The maximum atomic E-state index is 12.8. The number of amides is 1. The summed E-state index contributed by atoms with van der Waals surface area (Å²) in [5.74, 6) is -0.298. The Kier molecular flexibility index (Phi) is 6.52. The van der Waals surface area contributed by atoms with E-state index in [0.717, 1.165) is 5.56 Å². The molecule has 2 aromatic carbocycles. The van der Waals surface area contributed by atoms with Crippen molar-refractivity contribution in [2.75, 3.05) is 18.2 Å². The Morgan fingerprint density at radius 2 is 1.77 bits per heavy atom. The molecule has 9 nitrogen and oxygen atoms in total. The minimum absolute atomic E-state index is 0.0513. The Morgan fingerprint density at radius 3 is 2.35 bits per heavy atom. The van der Waals surface area contributed by atoms with Crippen LogP contribution in [-0.2, 0) is 24.3 Å². The first-order valence-corrected chi connectivity index (χ1v) is 10.9. The molecule has 10 heteroatoms. The minimum Gasteiger partial charge on any atom is -0.482 e. The Hall–Kier alpha value is -3.50. The molecule has 2 aromatic rings. The molecule has 1 aliphatic rings. The predicted molar refractivity (Wildman–Crippen MR) is 115 cm³/mol. The van der Waals surface area contributed by atoms with Gasteiger partial charge >= 0.3 is 5.97 Å². The van der Waals surface area contributed by atoms with E-state index in [1.165, 1.54) is 29.3 Å². The van der Waals surface area contributed by atoms with Gasteiger partial charge in [-0.25, -0.2) is 18.4 Å². The van der Waals surface area contributed by atoms with Crippen LogP contribution in [-0.4, -0.2) is 39.2 Å². The number of nitrogens with zero attached hydrogens (tertiary/aromatic N) is 2. The number of sulfonamides is 1. The number of benzene rings is 2. The zero-order valence-corrected chi connectivity index (χ0v) is 17.8. The molecule has 0 unspecified atom stereocenters. The van der Waals surface area contributed by atoms with Crippen molar-refractivity contribution in [1.82, 2.24) is 0 Å². The van der Waals surface area contributed by atoms with Gasteiger partial charge in [0.1, 0.15) is 5.75 Å². The van der Waals surface area contributed by atoms with E-state index in [1.54, 1.807) is 44.2 Å². The Labute approximate surface area is 179 Å². The molecule has 1 amide bonds. The maximum absolute atomic E-state index is 12.8. The molecule has 31 heavy (non-hydrogen) atoms. The molecule has 0 saturated carbocycles. The number of nitrogens with two attached hydrogens (primary N) is 1. The summed E-state index contributed by atoms with van der Waals surface area (Å²) in [7, 11) is -3.82. The molecule has 0 saturated heterocycles. The van der Waals surface area contributed by atoms with Gasteiger partial charge in [-0.2, -0.15) is 10.1 Å². The fraction of sp³-hybridized carbons (Fsp3) is 0.190. The second-order valence-electron chi connectivity index (χ2n) is 6.56. The summed E-state index contributed by atoms with van der Waals surface area (Å²) in [6, 6.07) is 12.4. The standard InChI is InChI=1S/C21H21N3O6S/c1-3-29-20(25)13-30-17-8-4-15(5-9-17)12-19-14(2)23-24(21(19)26)16-6-10-18(11-7-16)31(22,27)28/h4-12H,3,13H2,1-2H3,(H2,22,27,28)/b19-12-. The van der Waals surface area contributed by atoms with Crippen molar-refractivity contribution in [3.8, 4) is 5.75 Å². The minimum atomic E-state index is -3.82. The number of carbonyl (C=O) groups excluding carboxylic acids is 2. The SMILES string of the molecule is CCOC(=O)COc1ccc(/C=C2\C(=O)N(c3ccc(S(N)(=O)=O)cc3)N=C2C)cc1. The number of primary sulfonamides is 1. The van der Waals surface area contributed by atoms with Crippen molar-refractivity contribution < 1.29 is 27.5 Å². The summed E-state index contributed by atoms with van der Waals surface area (Å²) in [5, 5.41) is 10.6. The Balaban J connectivity index is 1.73. The highest BCUT2D eigenvalue weighted by Crippen LogP contribution is 2.26. The molecule has 0 spiro atoms. The van der Waals surface area contributed by atoms with Crippen LogP contribution < -0.4 is 14.9 Å². The van der Waals surface area contributed by atoms with Crippen LogP contribution in [0.1, 0.15) is 19.4 Å². The van der Waals surface area contributed by atoms with E-state index in [0.29, 0.717) is 22.7 Å². The van der Waals surface area contributed by atoms with Crippen LogP contribution in [0.15, 0.2) is 64.1 Å². The summed E-state index contributed by atoms with van der Waals surface area (Å²) >= 11 is 0. The first-order valence-electron chi connectivity index (χ1n) is 9.32. The predicted octanol–water partition coefficient (Wildman–Crippen LogP) is 2.08. The quantitative estimate of drug-likeness (QED) is 0.515. The highest BCUT2D eigenvalue weighted by molar-refractivity contribution is 7.89. The van der Waals surface area contributed by atoms with E-state index in [1.807, 2.05) is 0 Å². The third kappa shape index (κ3) is 5.36. The van der Waals surface area contributed by atoms with Gasteiger partial charge in [0.15, 0.2) is 6.61 Å². The third-order valence-corrected chi connectivity index (χ3v) is 5.25. The Bertz CT molecular complexity index is 1150. The lowest BCUT2D eigenvalue weighted by Gasteiger charge is -2.12. The summed E-state index contributed by atoms with van der Waals surface area (Å²) in [4.78, 5) is 24.1. The number of hydrogen-bond acceptors (Lipinski definition) is 7. The van der Waals surface area contributed by atoms with Crippen LogP contribution in [0, 0.1) is 0 Å². The smallest absolute Gasteiger partial charge is 0.344 e. The van der Waals surface area contributed by atoms with Gasteiger partial charge in [-0.15, -0.1) is 0 Å². The first-order chi connectivity index (χ1) is 14.7. The zero-order valence-electron chi connectivity index (χ0n) is 16.9. The largest absolute Gasteiger partial charge is 0.482 e. The van der Waals surface area contributed by atoms with Crippen molar-refractivity contribution in [1.29, 1.82) is 0 Å². The highest BCUT2D eigenvalue weighted by Gasteiger charge is 2.28. The molecular weight excluding hydrogens is 422 g/mol. The molecule has 0 aromatic heterocycles. The number of anilines is 1. The Morgan fingerprint density at radius 1 is 1.13 bits per heavy atom. The molecule has 0 atom stereocenters. The molecule has 0 radical (unpaired) electrons. The van der Waals surface area contributed by atoms with Crippen LogP contribution in [0.2, 0.25) is 0 Å². The number of rotatable bonds is 7. The van der Waals surface area contributed by atoms with Crippen molar-refractivity contribution in [2.45, 2.75) is 18.7 Å². The van der Waals surface area contributed by atoms with Gasteiger partial charge in [0.25, 0.3) is 5.91 Å². The van der Waals surface area contributed by atoms with Gasteiger partial charge in [0.2, 0.25) is 10.0 Å². The topological polar surface area (TPSA) is 128 Å². The fourth-order valence-corrected chi connectivity index (χ4v) is 3.32. The van der Waals surface area contributed by atoms with E-state index in [4.69, 9.17) is 14.6 Å². The summed E-state index contributed by atoms with van der Waals surface area (Å²) in [6.45, 7) is 3.53. The summed E-state index contributed by atoms with van der Waals surface area (Å²) in [5.41, 5.74) is 2.08. The zero-order chi connectivity index (χ0) is 22.6. The van der Waals surface area contributed by atoms with Crippen LogP contribution in [0.4, 0.5) is 5.69 Å². The van der Waals surface area contributed by atoms with Crippen LogP contribution in [0.25, 0.3) is 6.08 Å². The molecule has 1 aliphatic heterocycles. The van der Waals surface area contributed by atoms with Crippen LogP contribution in [0.5, 0.6) is 5.75 Å². The molecule has 3 rings (SSSR count). The van der Waals surface area contributed by atoms with Gasteiger partial charge in [-0.3, -0.25) is 4.79 Å². The maximum Gasteiger partial charge on any atom is 0.344 e. The average Bonchev–Trinajstić information content (AvgIpc) is 3.01. The summed E-state index contributed by atoms with van der Waals surface area (Å²) in [6.07, 6.45) is 1.69. The molecule has 1 heterocycles. The van der Waals surface area contributed by atoms with Gasteiger partial charge in [0.05, 0.1) is 28.5 Å². The molecule has 0 aliphatic carbocycles. The lowest BCUT2D eigenvalue weighted by atomic mass is 10.1. The average molecular weight is 443 g/mol. The third-order valence-electron chi connectivity index (χ3n) is 4.33. The lowest BCUT2D eigenvalue weighted by molar-refractivity contribution is -0.145. The normalized spacial score (nSPS) is 15.2. The first kappa shape index (κ1) is 22.2. The van der Waals surface area contributed by atoms with E-state index < -0.39 is 16.0 Å². The summed E-state index contributed by atoms with van der Waals surface area (Å²) < 4.78 is 32.9. The van der Waals surface area contributed by atoms with Crippen molar-refractivity contribution in [3.05, 3.63) is 59.7 Å². The monoisotopic (exact) mass is 443 g/mol. The van der Waals surface area contributed by atoms with E-state index >= 15 is 0 Å². The number of hydrogen-bond donors (Lipinski definition) is 1. The molecular formula is C21H21N3O6S.